The van der Waals surface area contributed by atoms with E-state index in [4.69, 9.17) is 0 Å². The van der Waals surface area contributed by atoms with Crippen LogP contribution in [-0.2, 0) is 6.54 Å². The van der Waals surface area contributed by atoms with E-state index in [0.717, 1.165) is 11.3 Å². The Balaban J connectivity index is 2.08. The van der Waals surface area contributed by atoms with Crippen molar-refractivity contribution in [2.45, 2.75) is 13.5 Å². The highest BCUT2D eigenvalue weighted by Gasteiger charge is 2.09. The molecule has 2 rings (SSSR count). The van der Waals surface area contributed by atoms with Crippen LogP contribution in [0, 0.1) is 6.92 Å². The summed E-state index contributed by atoms with van der Waals surface area (Å²) in [7, 11) is 0. The zero-order valence-corrected chi connectivity index (χ0v) is 11.8. The molecule has 0 saturated heterocycles. The summed E-state index contributed by atoms with van der Waals surface area (Å²) in [5.41, 5.74) is 2.13. The zero-order chi connectivity index (χ0) is 15.1. The van der Waals surface area contributed by atoms with E-state index in [0.29, 0.717) is 24.7 Å². The molecule has 0 spiro atoms. The van der Waals surface area contributed by atoms with Crippen molar-refractivity contribution in [3.8, 4) is 0 Å². The number of carbonyl (C=O) groups excluding carboxylic acids is 1. The van der Waals surface area contributed by atoms with Gasteiger partial charge in [0.15, 0.2) is 0 Å². The van der Waals surface area contributed by atoms with Gasteiger partial charge in [-0.05, 0) is 30.7 Å². The molecule has 6 heteroatoms. The van der Waals surface area contributed by atoms with Crippen LogP contribution < -0.4 is 10.6 Å². The number of rotatable bonds is 6. The number of amides is 1. The zero-order valence-electron chi connectivity index (χ0n) is 11.8. The molecule has 0 unspecified atom stereocenters. The lowest BCUT2D eigenvalue weighted by Crippen LogP contribution is -2.25. The minimum atomic E-state index is -0.243. The van der Waals surface area contributed by atoms with Gasteiger partial charge in [0.05, 0.1) is 0 Å². The minimum absolute atomic E-state index is 0.243. The predicted molar refractivity (Wildman–Crippen MR) is 80.9 cm³/mol. The summed E-state index contributed by atoms with van der Waals surface area (Å²) in [5, 5.41) is 5.80. The van der Waals surface area contributed by atoms with Crippen molar-refractivity contribution >= 4 is 11.9 Å². The maximum Gasteiger partial charge on any atom is 0.270 e. The number of anilines is 1. The molecule has 2 aromatic rings. The van der Waals surface area contributed by atoms with Crippen LogP contribution in [0.3, 0.4) is 0 Å². The first-order valence-corrected chi connectivity index (χ1v) is 6.56. The van der Waals surface area contributed by atoms with Crippen molar-refractivity contribution in [2.24, 2.45) is 0 Å². The fourth-order valence-electron chi connectivity index (χ4n) is 1.70. The summed E-state index contributed by atoms with van der Waals surface area (Å²) in [5.74, 6) is 0.183. The summed E-state index contributed by atoms with van der Waals surface area (Å²) >= 11 is 0. The Labute approximate surface area is 123 Å². The maximum absolute atomic E-state index is 11.9. The van der Waals surface area contributed by atoms with E-state index in [-0.39, 0.29) is 5.91 Å². The third kappa shape index (κ3) is 4.38. The third-order valence-electron chi connectivity index (χ3n) is 2.69. The maximum atomic E-state index is 11.9. The number of pyridine rings is 1. The van der Waals surface area contributed by atoms with Gasteiger partial charge in [-0.1, -0.05) is 6.08 Å². The predicted octanol–water partition coefficient (Wildman–Crippen LogP) is 1.71. The van der Waals surface area contributed by atoms with E-state index in [1.165, 1.54) is 0 Å². The Hall–Kier alpha value is -2.76. The molecule has 2 heterocycles. The van der Waals surface area contributed by atoms with Gasteiger partial charge in [-0.25, -0.2) is 9.97 Å². The largest absolute Gasteiger partial charge is 0.350 e. The Morgan fingerprint density at radius 3 is 2.81 bits per heavy atom. The highest BCUT2D eigenvalue weighted by molar-refractivity contribution is 5.92. The van der Waals surface area contributed by atoms with Crippen LogP contribution in [0.4, 0.5) is 5.95 Å². The summed E-state index contributed by atoms with van der Waals surface area (Å²) in [6, 6.07) is 5.46. The quantitative estimate of drug-likeness (QED) is 0.789. The first-order valence-electron chi connectivity index (χ1n) is 6.56. The molecule has 0 aromatic carbocycles. The lowest BCUT2D eigenvalue weighted by atomic mass is 10.3. The molecule has 0 aliphatic carbocycles. The molecule has 0 fully saturated rings. The van der Waals surface area contributed by atoms with E-state index in [1.54, 1.807) is 24.5 Å². The van der Waals surface area contributed by atoms with Gasteiger partial charge in [0.25, 0.3) is 5.91 Å². The first-order chi connectivity index (χ1) is 10.2. The van der Waals surface area contributed by atoms with Crippen LogP contribution in [0.1, 0.15) is 21.7 Å². The molecule has 0 aliphatic heterocycles. The van der Waals surface area contributed by atoms with Crippen molar-refractivity contribution in [3.63, 3.8) is 0 Å². The van der Waals surface area contributed by atoms with Gasteiger partial charge >= 0.3 is 0 Å². The third-order valence-corrected chi connectivity index (χ3v) is 2.69. The molecule has 1 amide bonds. The Morgan fingerprint density at radius 1 is 1.33 bits per heavy atom. The molecule has 0 bridgehead atoms. The van der Waals surface area contributed by atoms with Crippen LogP contribution in [0.25, 0.3) is 0 Å². The average Bonchev–Trinajstić information content (AvgIpc) is 2.51. The molecule has 108 valence electrons. The molecule has 0 aliphatic rings. The van der Waals surface area contributed by atoms with E-state index in [2.05, 4.69) is 32.2 Å². The van der Waals surface area contributed by atoms with Crippen molar-refractivity contribution < 1.29 is 4.79 Å². The normalized spacial score (nSPS) is 9.95. The second-order valence-corrected chi connectivity index (χ2v) is 4.43. The number of nitrogens with one attached hydrogen (secondary N) is 2. The van der Waals surface area contributed by atoms with Crippen molar-refractivity contribution in [1.82, 2.24) is 20.3 Å². The number of aromatic nitrogens is 3. The van der Waals surface area contributed by atoms with Gasteiger partial charge in [0.2, 0.25) is 5.95 Å². The second kappa shape index (κ2) is 7.14. The number of hydrogen-bond acceptors (Lipinski definition) is 5. The Kier molecular flexibility index (Phi) is 4.98. The molecule has 6 nitrogen and oxygen atoms in total. The number of aryl methyl sites for hydroxylation is 1. The lowest BCUT2D eigenvalue weighted by molar-refractivity contribution is 0.0953. The molecule has 2 aromatic heterocycles. The summed E-state index contributed by atoms with van der Waals surface area (Å²) < 4.78 is 0. The van der Waals surface area contributed by atoms with Crippen LogP contribution in [-0.4, -0.2) is 27.4 Å². The van der Waals surface area contributed by atoms with Gasteiger partial charge in [-0.2, -0.15) is 0 Å². The number of carbonyl (C=O) groups is 1. The van der Waals surface area contributed by atoms with Crippen molar-refractivity contribution in [3.05, 3.63) is 60.2 Å². The van der Waals surface area contributed by atoms with Gasteiger partial charge in [0.1, 0.15) is 5.69 Å². The van der Waals surface area contributed by atoms with Crippen LogP contribution >= 0.6 is 0 Å². The number of nitrogens with zero attached hydrogens (tertiary/aromatic N) is 3. The van der Waals surface area contributed by atoms with Crippen LogP contribution in [0.15, 0.2) is 43.2 Å². The molecule has 21 heavy (non-hydrogen) atoms. The standard InChI is InChI=1S/C15H17N5O/c1-3-6-17-14(21)13-9-11(2)19-15(20-13)18-10-12-4-7-16-8-5-12/h3-5,7-9H,1,6,10H2,2H3,(H,17,21)(H,18,19,20). The highest BCUT2D eigenvalue weighted by atomic mass is 16.1. The summed E-state index contributed by atoms with van der Waals surface area (Å²) in [6.07, 6.45) is 5.07. The molecule has 2 N–H and O–H groups in total. The first kappa shape index (κ1) is 14.6. The monoisotopic (exact) mass is 283 g/mol. The average molecular weight is 283 g/mol. The van der Waals surface area contributed by atoms with Crippen LogP contribution in [0.5, 0.6) is 0 Å². The van der Waals surface area contributed by atoms with Crippen LogP contribution in [0.2, 0.25) is 0 Å². The molecular formula is C15H17N5O. The Morgan fingerprint density at radius 2 is 2.10 bits per heavy atom. The smallest absolute Gasteiger partial charge is 0.270 e. The minimum Gasteiger partial charge on any atom is -0.350 e. The molecule has 0 atom stereocenters. The second-order valence-electron chi connectivity index (χ2n) is 4.43. The van der Waals surface area contributed by atoms with E-state index >= 15 is 0 Å². The fraction of sp³-hybridized carbons (Fsp3) is 0.200. The van der Waals surface area contributed by atoms with Gasteiger partial charge in [-0.3, -0.25) is 9.78 Å². The SMILES string of the molecule is C=CCNC(=O)c1cc(C)nc(NCc2ccncc2)n1. The highest BCUT2D eigenvalue weighted by Crippen LogP contribution is 2.07. The number of hydrogen-bond donors (Lipinski definition) is 2. The van der Waals surface area contributed by atoms with E-state index in [9.17, 15) is 4.79 Å². The lowest BCUT2D eigenvalue weighted by Gasteiger charge is -2.08. The van der Waals surface area contributed by atoms with E-state index < -0.39 is 0 Å². The topological polar surface area (TPSA) is 79.8 Å². The summed E-state index contributed by atoms with van der Waals surface area (Å²) in [6.45, 7) is 6.36. The fourth-order valence-corrected chi connectivity index (χ4v) is 1.70. The Bertz CT molecular complexity index is 627. The van der Waals surface area contributed by atoms with Gasteiger partial charge < -0.3 is 10.6 Å². The van der Waals surface area contributed by atoms with E-state index in [1.807, 2.05) is 19.1 Å². The molecular weight excluding hydrogens is 266 g/mol. The molecule has 0 saturated carbocycles. The van der Waals surface area contributed by atoms with Crippen molar-refractivity contribution in [1.29, 1.82) is 0 Å². The summed E-state index contributed by atoms with van der Waals surface area (Å²) in [4.78, 5) is 24.3. The van der Waals surface area contributed by atoms with Crippen molar-refractivity contribution in [2.75, 3.05) is 11.9 Å². The van der Waals surface area contributed by atoms with Gasteiger partial charge in [0, 0.05) is 31.2 Å². The molecule has 0 radical (unpaired) electrons. The van der Waals surface area contributed by atoms with Gasteiger partial charge in [-0.15, -0.1) is 6.58 Å².